The summed E-state index contributed by atoms with van der Waals surface area (Å²) in [5, 5.41) is 16.9. The van der Waals surface area contributed by atoms with Gasteiger partial charge in [0.1, 0.15) is 53.4 Å². The van der Waals surface area contributed by atoms with Crippen LogP contribution < -0.4 is 26.4 Å². The molecule has 2 aromatic heterocycles. The molecule has 4 aliphatic rings. The molecular formula is C41H35ClF5N9O6. The molecule has 62 heavy (non-hydrogen) atoms. The molecule has 2 aromatic carbocycles. The lowest BCUT2D eigenvalue weighted by atomic mass is 9.65. The number of hydrogen-bond acceptors (Lipinski definition) is 13. The van der Waals surface area contributed by atoms with Crippen molar-refractivity contribution in [3.05, 3.63) is 105 Å². The van der Waals surface area contributed by atoms with Crippen LogP contribution in [-0.2, 0) is 31.9 Å². The maximum absolute atomic E-state index is 17.0. The van der Waals surface area contributed by atoms with Crippen LogP contribution in [0.2, 0.25) is 5.02 Å². The Bertz CT molecular complexity index is 2600. The Morgan fingerprint density at radius 2 is 1.71 bits per heavy atom. The Kier molecular flexibility index (Phi) is 11.1. The van der Waals surface area contributed by atoms with E-state index in [1.807, 2.05) is 6.07 Å². The molecular weight excluding hydrogens is 845 g/mol. The number of hydrogen-bond donors (Lipinski definition) is 4. The lowest BCUT2D eigenvalue weighted by Crippen LogP contribution is -2.55. The molecule has 0 spiro atoms. The second-order valence-corrected chi connectivity index (χ2v) is 15.4. The largest absolute Gasteiger partial charge is 0.495 e. The zero-order valence-electron chi connectivity index (χ0n) is 32.6. The number of anilines is 3. The van der Waals surface area contributed by atoms with E-state index in [1.165, 1.54) is 38.7 Å². The van der Waals surface area contributed by atoms with Crippen molar-refractivity contribution in [3.63, 3.8) is 0 Å². The third kappa shape index (κ3) is 7.34. The second kappa shape index (κ2) is 16.4. The van der Waals surface area contributed by atoms with Gasteiger partial charge in [-0.2, -0.15) is 5.26 Å². The highest BCUT2D eigenvalue weighted by Crippen LogP contribution is 2.57. The topological polar surface area (TPSA) is 207 Å². The molecule has 322 valence electrons. The number of amidine groups is 2. The van der Waals surface area contributed by atoms with Crippen LogP contribution in [0.15, 0.2) is 64.8 Å². The number of pyridine rings is 2. The van der Waals surface area contributed by atoms with Crippen LogP contribution in [0.5, 0.6) is 5.75 Å². The van der Waals surface area contributed by atoms with Gasteiger partial charge in [0.15, 0.2) is 11.4 Å². The van der Waals surface area contributed by atoms with E-state index < -0.39 is 88.9 Å². The first-order chi connectivity index (χ1) is 29.7. The SMILES string of the molecule is COCc1cc(C#N)cnc1C(=O)Nc1ccc(F)c(C2(C(F)F)N=C(Nc3cc(NC(=O)c4ncc(OC)cc4Cl)cc(C4(CF)N=C(N)OC5CCC54)c3F)OC3CC32)c1. The van der Waals surface area contributed by atoms with Crippen LogP contribution in [0.4, 0.5) is 39.0 Å². The molecule has 0 bridgehead atoms. The summed E-state index contributed by atoms with van der Waals surface area (Å²) in [4.78, 5) is 43.5. The van der Waals surface area contributed by atoms with Crippen molar-refractivity contribution in [1.82, 2.24) is 9.97 Å². The predicted octanol–water partition coefficient (Wildman–Crippen LogP) is 6.57. The van der Waals surface area contributed by atoms with Crippen LogP contribution in [0.1, 0.15) is 62.5 Å². The molecule has 2 amide bonds. The first kappa shape index (κ1) is 42.1. The minimum absolute atomic E-state index is 0.00788. The number of ether oxygens (including phenoxy) is 4. The fourth-order valence-corrected chi connectivity index (χ4v) is 8.40. The number of benzene rings is 2. The van der Waals surface area contributed by atoms with Crippen molar-refractivity contribution >= 4 is 52.5 Å². The number of nitrogens with zero attached hydrogens (tertiary/aromatic N) is 5. The number of halogens is 6. The summed E-state index contributed by atoms with van der Waals surface area (Å²) < 4.78 is 101. The third-order valence-corrected chi connectivity index (χ3v) is 11.6. The maximum atomic E-state index is 17.0. The van der Waals surface area contributed by atoms with Crippen molar-refractivity contribution in [1.29, 1.82) is 5.26 Å². The smallest absolute Gasteiger partial charge is 0.290 e. The number of nitrogens with one attached hydrogen (secondary N) is 3. The van der Waals surface area contributed by atoms with E-state index in [0.717, 1.165) is 30.3 Å². The van der Waals surface area contributed by atoms with Crippen molar-refractivity contribution in [2.75, 3.05) is 36.8 Å². The number of carbonyl (C=O) groups excluding carboxylic acids is 2. The van der Waals surface area contributed by atoms with Crippen molar-refractivity contribution in [3.8, 4) is 11.8 Å². The zero-order chi connectivity index (χ0) is 44.1. The molecule has 2 aliphatic carbocycles. The summed E-state index contributed by atoms with van der Waals surface area (Å²) in [5.74, 6) is -5.33. The number of aromatic nitrogens is 2. The van der Waals surface area contributed by atoms with Crippen molar-refractivity contribution in [2.45, 2.75) is 55.6 Å². The Hall–Kier alpha value is -6.59. The Labute approximate surface area is 354 Å². The van der Waals surface area contributed by atoms with Gasteiger partial charge in [0.25, 0.3) is 30.3 Å². The van der Waals surface area contributed by atoms with E-state index in [-0.39, 0.29) is 69.3 Å². The number of fused-ring (bicyclic) bond motifs is 2. The zero-order valence-corrected chi connectivity index (χ0v) is 33.4. The molecule has 2 fully saturated rings. The Balaban J connectivity index is 1.18. The number of nitriles is 1. The molecule has 4 heterocycles. The van der Waals surface area contributed by atoms with E-state index in [1.54, 1.807) is 0 Å². The minimum atomic E-state index is -3.37. The van der Waals surface area contributed by atoms with Crippen LogP contribution >= 0.6 is 11.6 Å². The number of rotatable bonds is 12. The number of amides is 2. The van der Waals surface area contributed by atoms with Gasteiger partial charge in [-0.15, -0.1) is 0 Å². The number of carbonyl (C=O) groups is 2. The molecule has 21 heteroatoms. The maximum Gasteiger partial charge on any atom is 0.290 e. The summed E-state index contributed by atoms with van der Waals surface area (Å²) >= 11 is 6.30. The molecule has 0 saturated heterocycles. The Morgan fingerprint density at radius 3 is 2.39 bits per heavy atom. The molecule has 6 atom stereocenters. The van der Waals surface area contributed by atoms with E-state index >= 15 is 22.0 Å². The fraction of sp³-hybridized carbons (Fsp3) is 0.341. The monoisotopic (exact) mass is 879 g/mol. The van der Waals surface area contributed by atoms with Gasteiger partial charge in [-0.1, -0.05) is 11.6 Å². The van der Waals surface area contributed by atoms with E-state index in [4.69, 9.17) is 36.3 Å². The van der Waals surface area contributed by atoms with Crippen LogP contribution in [0.3, 0.4) is 0 Å². The van der Waals surface area contributed by atoms with Gasteiger partial charge in [0, 0.05) is 59.3 Å². The molecule has 5 N–H and O–H groups in total. The van der Waals surface area contributed by atoms with Crippen LogP contribution in [0, 0.1) is 34.8 Å². The molecule has 8 rings (SSSR count). The summed E-state index contributed by atoms with van der Waals surface area (Å²) in [5.41, 5.74) is -0.245. The number of nitrogens with two attached hydrogens (primary N) is 1. The molecule has 15 nitrogen and oxygen atoms in total. The van der Waals surface area contributed by atoms with Gasteiger partial charge in [0.2, 0.25) is 0 Å². The highest BCUT2D eigenvalue weighted by Gasteiger charge is 2.65. The molecule has 2 aliphatic heterocycles. The summed E-state index contributed by atoms with van der Waals surface area (Å²) in [7, 11) is 2.75. The average Bonchev–Trinajstić information content (AvgIpc) is 4.03. The highest BCUT2D eigenvalue weighted by molar-refractivity contribution is 6.34. The lowest BCUT2D eigenvalue weighted by molar-refractivity contribution is -0.0432. The standard InChI is InChI=1S/C41H35ClF5N9O6/c1-59-16-19-7-18(13-48)14-50-33(19)35(57)52-20-3-5-28(44)24(8-20)41(37(46)47)25-12-31(25)62-39(56-41)54-29-10-21(53-36(58)34-27(42)11-22(60-2)15-51-34)9-26(32(29)45)40(17-43)23-4-6-30(23)61-38(49)55-40/h3,5,7-11,14-15,23,25,30-31,37H,4,6,12,16-17H2,1-2H3,(H2,49,55)(H,52,57)(H,53,58)(H,54,56). The van der Waals surface area contributed by atoms with Gasteiger partial charge >= 0.3 is 0 Å². The molecule has 0 radical (unpaired) electrons. The number of alkyl halides is 3. The highest BCUT2D eigenvalue weighted by atomic mass is 35.5. The fourth-order valence-electron chi connectivity index (χ4n) is 8.16. The first-order valence-corrected chi connectivity index (χ1v) is 19.4. The van der Waals surface area contributed by atoms with Gasteiger partial charge in [-0.05, 0) is 55.7 Å². The molecule has 6 unspecified atom stereocenters. The Morgan fingerprint density at radius 1 is 0.968 bits per heavy atom. The van der Waals surface area contributed by atoms with Crippen molar-refractivity contribution < 1.29 is 50.5 Å². The van der Waals surface area contributed by atoms with E-state index in [2.05, 4.69) is 35.9 Å². The summed E-state index contributed by atoms with van der Waals surface area (Å²) in [6.45, 7) is -1.33. The number of aliphatic imine (C=N–C) groups is 2. The quantitative estimate of drug-likeness (QED) is 0.112. The van der Waals surface area contributed by atoms with Gasteiger partial charge in [-0.3, -0.25) is 9.59 Å². The second-order valence-electron chi connectivity index (χ2n) is 15.0. The minimum Gasteiger partial charge on any atom is -0.495 e. The van der Waals surface area contributed by atoms with Gasteiger partial charge in [0.05, 0.1) is 36.2 Å². The van der Waals surface area contributed by atoms with Crippen LogP contribution in [0.25, 0.3) is 0 Å². The summed E-state index contributed by atoms with van der Waals surface area (Å²) in [6, 6.07) is 8.95. The third-order valence-electron chi connectivity index (χ3n) is 11.4. The van der Waals surface area contributed by atoms with E-state index in [9.17, 15) is 14.9 Å². The first-order valence-electron chi connectivity index (χ1n) is 19.0. The van der Waals surface area contributed by atoms with Gasteiger partial charge in [-0.25, -0.2) is 41.9 Å². The number of methoxy groups -OCH3 is 2. The lowest BCUT2D eigenvalue weighted by Gasteiger charge is -2.49. The normalized spacial score (nSPS) is 24.4. The molecule has 2 saturated carbocycles. The average molecular weight is 880 g/mol. The summed E-state index contributed by atoms with van der Waals surface area (Å²) in [6.07, 6.45) is -1.63. The van der Waals surface area contributed by atoms with Crippen LogP contribution in [-0.4, -0.2) is 73.4 Å². The van der Waals surface area contributed by atoms with Gasteiger partial charge < -0.3 is 40.6 Å². The van der Waals surface area contributed by atoms with E-state index in [0.29, 0.717) is 12.8 Å². The van der Waals surface area contributed by atoms with Crippen molar-refractivity contribution in [2.24, 2.45) is 27.6 Å². The predicted molar refractivity (Wildman–Crippen MR) is 213 cm³/mol. The molecule has 4 aromatic rings.